The smallest absolute Gasteiger partial charge is 0.401 e. The molecule has 110 valence electrons. The lowest BCUT2D eigenvalue weighted by atomic mass is 10.1. The monoisotopic (exact) mass is 285 g/mol. The largest absolute Gasteiger partial charge is 0.461 e. The van der Waals surface area contributed by atoms with Crippen LogP contribution in [0, 0.1) is 0 Å². The van der Waals surface area contributed by atoms with E-state index in [2.05, 4.69) is 12.2 Å². The van der Waals surface area contributed by atoms with Gasteiger partial charge in [0, 0.05) is 23.9 Å². The number of benzene rings is 1. The number of nitrogens with one attached hydrogen (secondary N) is 1. The standard InChI is InChI=1S/C15H18F3NO/c1-2-3-7-14-12(9-19-10-15(16,17)18)11-6-4-5-8-13(11)20-14/h4-6,8,19H,2-3,7,9-10H2,1H3. The number of rotatable bonds is 6. The maximum absolute atomic E-state index is 12.2. The van der Waals surface area contributed by atoms with E-state index in [-0.39, 0.29) is 6.54 Å². The molecule has 1 aromatic carbocycles. The third kappa shape index (κ3) is 3.76. The molecular weight excluding hydrogens is 267 g/mol. The van der Waals surface area contributed by atoms with Crippen molar-refractivity contribution in [2.24, 2.45) is 0 Å². The number of halogens is 3. The Hall–Kier alpha value is -1.49. The molecule has 2 rings (SSSR count). The minimum atomic E-state index is -4.19. The first-order valence-corrected chi connectivity index (χ1v) is 6.78. The minimum absolute atomic E-state index is 0.176. The Morgan fingerprint density at radius 2 is 1.95 bits per heavy atom. The molecule has 1 N–H and O–H groups in total. The van der Waals surface area contributed by atoms with Crippen LogP contribution in [0.4, 0.5) is 13.2 Å². The Morgan fingerprint density at radius 1 is 1.20 bits per heavy atom. The van der Waals surface area contributed by atoms with Gasteiger partial charge in [0.2, 0.25) is 0 Å². The zero-order valence-corrected chi connectivity index (χ0v) is 11.4. The van der Waals surface area contributed by atoms with Gasteiger partial charge in [-0.15, -0.1) is 0 Å². The number of hydrogen-bond acceptors (Lipinski definition) is 2. The molecule has 0 aliphatic heterocycles. The molecule has 0 spiro atoms. The van der Waals surface area contributed by atoms with E-state index in [1.165, 1.54) is 0 Å². The third-order valence-electron chi connectivity index (χ3n) is 3.17. The molecule has 1 aromatic heterocycles. The molecule has 0 saturated carbocycles. The Labute approximate surface area is 116 Å². The fraction of sp³-hybridized carbons (Fsp3) is 0.467. The summed E-state index contributed by atoms with van der Waals surface area (Å²) in [6, 6.07) is 7.47. The lowest BCUT2D eigenvalue weighted by Gasteiger charge is -2.08. The van der Waals surface area contributed by atoms with Crippen LogP contribution in [0.5, 0.6) is 0 Å². The molecule has 0 atom stereocenters. The summed E-state index contributed by atoms with van der Waals surface area (Å²) in [5, 5.41) is 3.35. The molecule has 20 heavy (non-hydrogen) atoms. The lowest BCUT2D eigenvalue weighted by molar-refractivity contribution is -0.125. The van der Waals surface area contributed by atoms with Crippen molar-refractivity contribution in [2.75, 3.05) is 6.54 Å². The van der Waals surface area contributed by atoms with Crippen molar-refractivity contribution in [1.82, 2.24) is 5.32 Å². The van der Waals surface area contributed by atoms with Gasteiger partial charge in [-0.1, -0.05) is 31.5 Å². The van der Waals surface area contributed by atoms with Gasteiger partial charge >= 0.3 is 6.18 Å². The number of para-hydroxylation sites is 1. The number of unbranched alkanes of at least 4 members (excludes halogenated alkanes) is 1. The van der Waals surface area contributed by atoms with Crippen molar-refractivity contribution in [2.45, 2.75) is 38.9 Å². The van der Waals surface area contributed by atoms with Gasteiger partial charge in [0.15, 0.2) is 0 Å². The molecule has 0 unspecified atom stereocenters. The molecule has 0 aliphatic carbocycles. The van der Waals surface area contributed by atoms with E-state index < -0.39 is 12.7 Å². The van der Waals surface area contributed by atoms with Crippen LogP contribution in [0.2, 0.25) is 0 Å². The molecule has 2 nitrogen and oxygen atoms in total. The molecule has 5 heteroatoms. The average Bonchev–Trinajstić information content (AvgIpc) is 2.73. The second-order valence-corrected chi connectivity index (χ2v) is 4.82. The van der Waals surface area contributed by atoms with Crippen molar-refractivity contribution in [1.29, 1.82) is 0 Å². The Morgan fingerprint density at radius 3 is 2.65 bits per heavy atom. The van der Waals surface area contributed by atoms with E-state index in [4.69, 9.17) is 4.42 Å². The van der Waals surface area contributed by atoms with Crippen molar-refractivity contribution in [3.8, 4) is 0 Å². The van der Waals surface area contributed by atoms with E-state index in [1.54, 1.807) is 0 Å². The zero-order valence-electron chi connectivity index (χ0n) is 11.4. The average molecular weight is 285 g/mol. The van der Waals surface area contributed by atoms with Crippen LogP contribution in [0.3, 0.4) is 0 Å². The molecule has 0 radical (unpaired) electrons. The van der Waals surface area contributed by atoms with Crippen molar-refractivity contribution in [3.63, 3.8) is 0 Å². The summed E-state index contributed by atoms with van der Waals surface area (Å²) >= 11 is 0. The lowest BCUT2D eigenvalue weighted by Crippen LogP contribution is -2.28. The topological polar surface area (TPSA) is 25.2 Å². The molecule has 0 amide bonds. The fourth-order valence-electron chi connectivity index (χ4n) is 2.21. The summed E-state index contributed by atoms with van der Waals surface area (Å²) in [6.45, 7) is 1.26. The maximum atomic E-state index is 12.2. The van der Waals surface area contributed by atoms with Crippen molar-refractivity contribution >= 4 is 11.0 Å². The summed E-state index contributed by atoms with van der Waals surface area (Å²) in [7, 11) is 0. The van der Waals surface area contributed by atoms with Gasteiger partial charge in [0.05, 0.1) is 6.54 Å². The second kappa shape index (κ2) is 6.31. The first kappa shape index (κ1) is 14.9. The highest BCUT2D eigenvalue weighted by molar-refractivity contribution is 5.82. The number of hydrogen-bond donors (Lipinski definition) is 1. The van der Waals surface area contributed by atoms with Gasteiger partial charge in [0.25, 0.3) is 0 Å². The Bertz CT molecular complexity index is 560. The van der Waals surface area contributed by atoms with Crippen molar-refractivity contribution in [3.05, 3.63) is 35.6 Å². The van der Waals surface area contributed by atoms with Gasteiger partial charge in [0.1, 0.15) is 11.3 Å². The quantitative estimate of drug-likeness (QED) is 0.849. The first-order valence-electron chi connectivity index (χ1n) is 6.78. The first-order chi connectivity index (χ1) is 9.51. The summed E-state index contributed by atoms with van der Waals surface area (Å²) in [5.41, 5.74) is 1.58. The highest BCUT2D eigenvalue weighted by atomic mass is 19.4. The third-order valence-corrected chi connectivity index (χ3v) is 3.17. The molecule has 1 heterocycles. The fourth-order valence-corrected chi connectivity index (χ4v) is 2.21. The molecule has 0 aliphatic rings. The van der Waals surface area contributed by atoms with E-state index in [0.717, 1.165) is 41.6 Å². The summed E-state index contributed by atoms with van der Waals surface area (Å²) in [4.78, 5) is 0. The van der Waals surface area contributed by atoms with Crippen LogP contribution in [-0.2, 0) is 13.0 Å². The van der Waals surface area contributed by atoms with E-state index in [9.17, 15) is 13.2 Å². The molecule has 0 saturated heterocycles. The van der Waals surface area contributed by atoms with Crippen LogP contribution in [0.25, 0.3) is 11.0 Å². The van der Waals surface area contributed by atoms with Gasteiger partial charge in [-0.25, -0.2) is 0 Å². The molecular formula is C15H18F3NO. The Kier molecular flexibility index (Phi) is 4.70. The minimum Gasteiger partial charge on any atom is -0.461 e. The summed E-state index contributed by atoms with van der Waals surface area (Å²) in [5.74, 6) is 0.794. The number of aryl methyl sites for hydroxylation is 1. The maximum Gasteiger partial charge on any atom is 0.401 e. The van der Waals surface area contributed by atoms with Crippen LogP contribution in [-0.4, -0.2) is 12.7 Å². The van der Waals surface area contributed by atoms with E-state index in [1.807, 2.05) is 24.3 Å². The summed E-state index contributed by atoms with van der Waals surface area (Å²) < 4.78 is 42.4. The van der Waals surface area contributed by atoms with Gasteiger partial charge in [-0.3, -0.25) is 0 Å². The predicted molar refractivity (Wildman–Crippen MR) is 72.6 cm³/mol. The van der Waals surface area contributed by atoms with Crippen LogP contribution >= 0.6 is 0 Å². The van der Waals surface area contributed by atoms with E-state index in [0.29, 0.717) is 0 Å². The van der Waals surface area contributed by atoms with Gasteiger partial charge in [-0.05, 0) is 12.5 Å². The summed E-state index contributed by atoms with van der Waals surface area (Å²) in [6.07, 6.45) is -1.45. The van der Waals surface area contributed by atoms with Crippen molar-refractivity contribution < 1.29 is 17.6 Å². The van der Waals surface area contributed by atoms with Gasteiger partial charge < -0.3 is 9.73 Å². The number of fused-ring (bicyclic) bond motifs is 1. The second-order valence-electron chi connectivity index (χ2n) is 4.82. The molecule has 0 bridgehead atoms. The van der Waals surface area contributed by atoms with Gasteiger partial charge in [-0.2, -0.15) is 13.2 Å². The number of furan rings is 1. The number of alkyl halides is 3. The highest BCUT2D eigenvalue weighted by Crippen LogP contribution is 2.27. The zero-order chi connectivity index (χ0) is 14.6. The molecule has 0 fully saturated rings. The SMILES string of the molecule is CCCCc1oc2ccccc2c1CNCC(F)(F)F. The predicted octanol–water partition coefficient (Wildman–Crippen LogP) is 4.43. The normalized spacial score (nSPS) is 12.2. The van der Waals surface area contributed by atoms with Crippen LogP contribution < -0.4 is 5.32 Å². The van der Waals surface area contributed by atoms with E-state index >= 15 is 0 Å². The molecule has 2 aromatic rings. The Balaban J connectivity index is 2.19. The highest BCUT2D eigenvalue weighted by Gasteiger charge is 2.26. The van der Waals surface area contributed by atoms with Crippen LogP contribution in [0.15, 0.2) is 28.7 Å². The van der Waals surface area contributed by atoms with Crippen LogP contribution in [0.1, 0.15) is 31.1 Å².